The number of hydrogen-bond donors (Lipinski definition) is 0. The van der Waals surface area contributed by atoms with E-state index < -0.39 is 0 Å². The van der Waals surface area contributed by atoms with Crippen LogP contribution in [0, 0.1) is 0 Å². The number of benzene rings is 1. The Hall–Kier alpha value is -0.800. The van der Waals surface area contributed by atoms with Crippen LogP contribution in [-0.4, -0.2) is 11.3 Å². The lowest BCUT2D eigenvalue weighted by Gasteiger charge is -2.08. The number of halogens is 4. The van der Waals surface area contributed by atoms with Gasteiger partial charge in [-0.3, -0.25) is 9.78 Å². The molecule has 0 bridgehead atoms. The maximum Gasteiger partial charge on any atom is 0.152 e. The van der Waals surface area contributed by atoms with Gasteiger partial charge in [-0.15, -0.1) is 0 Å². The quantitative estimate of drug-likeness (QED) is 0.564. The highest BCUT2D eigenvalue weighted by Gasteiger charge is 2.14. The third-order valence-electron chi connectivity index (χ3n) is 2.30. The maximum atomic E-state index is 11.0. The Morgan fingerprint density at radius 3 is 2.44 bits per heavy atom. The Bertz CT molecular complexity index is 628. The first-order chi connectivity index (χ1) is 8.54. The van der Waals surface area contributed by atoms with Gasteiger partial charge in [-0.2, -0.15) is 0 Å². The van der Waals surface area contributed by atoms with Crippen LogP contribution >= 0.6 is 46.4 Å². The molecule has 1 heterocycles. The smallest absolute Gasteiger partial charge is 0.152 e. The van der Waals surface area contributed by atoms with Crippen LogP contribution in [0.4, 0.5) is 0 Å². The molecule has 0 N–H and O–H groups in total. The van der Waals surface area contributed by atoms with E-state index in [2.05, 4.69) is 4.98 Å². The molecule has 0 spiro atoms. The molecule has 0 aliphatic heterocycles. The van der Waals surface area contributed by atoms with Crippen LogP contribution in [0.15, 0.2) is 24.4 Å². The van der Waals surface area contributed by atoms with Crippen LogP contribution in [-0.2, 0) is 0 Å². The Balaban J connectivity index is 2.69. The summed E-state index contributed by atoms with van der Waals surface area (Å²) in [7, 11) is 0. The molecule has 6 heteroatoms. The van der Waals surface area contributed by atoms with Gasteiger partial charge in [0.15, 0.2) is 6.29 Å². The molecule has 0 aliphatic carbocycles. The van der Waals surface area contributed by atoms with Crippen molar-refractivity contribution in [1.82, 2.24) is 4.98 Å². The second-order valence-corrected chi connectivity index (χ2v) is 5.03. The summed E-state index contributed by atoms with van der Waals surface area (Å²) >= 11 is 23.7. The summed E-state index contributed by atoms with van der Waals surface area (Å²) in [6.07, 6.45) is 2.09. The summed E-state index contributed by atoms with van der Waals surface area (Å²) in [5.41, 5.74) is 1.28. The average molecular weight is 321 g/mol. The lowest BCUT2D eigenvalue weighted by Crippen LogP contribution is -1.93. The Labute approximate surface area is 123 Å². The summed E-state index contributed by atoms with van der Waals surface area (Å²) in [5, 5.41) is 1.19. The number of nitrogens with zero attached hydrogens (tertiary/aromatic N) is 1. The van der Waals surface area contributed by atoms with E-state index in [1.54, 1.807) is 12.1 Å². The molecule has 0 unspecified atom stereocenters. The molecule has 0 fully saturated rings. The van der Waals surface area contributed by atoms with Gasteiger partial charge in [-0.25, -0.2) is 0 Å². The minimum absolute atomic E-state index is 0.226. The van der Waals surface area contributed by atoms with Crippen molar-refractivity contribution in [2.75, 3.05) is 0 Å². The largest absolute Gasteiger partial charge is 0.298 e. The van der Waals surface area contributed by atoms with E-state index >= 15 is 0 Å². The molecule has 0 amide bonds. The number of carbonyl (C=O) groups is 1. The number of carbonyl (C=O) groups excluding carboxylic acids is 1. The van der Waals surface area contributed by atoms with Crippen molar-refractivity contribution in [3.05, 3.63) is 50.0 Å². The standard InChI is InChI=1S/C12H5Cl4NO/c13-7-3-6(5-18)12(17-4-7)8-1-2-9(14)11(16)10(8)15/h1-5H. The zero-order chi connectivity index (χ0) is 13.3. The topological polar surface area (TPSA) is 30.0 Å². The predicted octanol–water partition coefficient (Wildman–Crippen LogP) is 5.17. The molecule has 0 radical (unpaired) electrons. The first-order valence-corrected chi connectivity index (χ1v) is 6.30. The van der Waals surface area contributed by atoms with Gasteiger partial charge in [0, 0.05) is 17.3 Å². The lowest BCUT2D eigenvalue weighted by atomic mass is 10.1. The van der Waals surface area contributed by atoms with Gasteiger partial charge in [0.2, 0.25) is 0 Å². The highest BCUT2D eigenvalue weighted by molar-refractivity contribution is 6.49. The van der Waals surface area contributed by atoms with Gasteiger partial charge >= 0.3 is 0 Å². The molecule has 2 rings (SSSR count). The average Bonchev–Trinajstić information content (AvgIpc) is 2.37. The first kappa shape index (κ1) is 13.6. The summed E-state index contributed by atoms with van der Waals surface area (Å²) in [6.45, 7) is 0. The van der Waals surface area contributed by atoms with Gasteiger partial charge < -0.3 is 0 Å². The summed E-state index contributed by atoms with van der Waals surface area (Å²) in [6, 6.07) is 4.76. The minimum atomic E-state index is 0.226. The maximum absolute atomic E-state index is 11.0. The molecule has 2 aromatic rings. The number of hydrogen-bond acceptors (Lipinski definition) is 2. The van der Waals surface area contributed by atoms with Crippen LogP contribution in [0.2, 0.25) is 20.1 Å². The summed E-state index contributed by atoms with van der Waals surface area (Å²) < 4.78 is 0. The fourth-order valence-corrected chi connectivity index (χ4v) is 2.27. The molecule has 0 atom stereocenters. The molecule has 0 saturated carbocycles. The van der Waals surface area contributed by atoms with E-state index in [-0.39, 0.29) is 10.0 Å². The van der Waals surface area contributed by atoms with E-state index in [1.807, 2.05) is 0 Å². The second-order valence-electron chi connectivity index (χ2n) is 3.43. The van der Waals surface area contributed by atoms with Crippen LogP contribution in [0.5, 0.6) is 0 Å². The summed E-state index contributed by atoms with van der Waals surface area (Å²) in [4.78, 5) is 15.1. The van der Waals surface area contributed by atoms with Crippen molar-refractivity contribution in [3.8, 4) is 11.3 Å². The van der Waals surface area contributed by atoms with Gasteiger partial charge in [0.1, 0.15) is 0 Å². The molecule has 18 heavy (non-hydrogen) atoms. The van der Waals surface area contributed by atoms with Gasteiger partial charge in [-0.1, -0.05) is 46.4 Å². The van der Waals surface area contributed by atoms with Crippen molar-refractivity contribution in [1.29, 1.82) is 0 Å². The number of pyridine rings is 1. The highest BCUT2D eigenvalue weighted by Crippen LogP contribution is 2.38. The molecule has 92 valence electrons. The van der Waals surface area contributed by atoms with Crippen molar-refractivity contribution < 1.29 is 4.79 Å². The molecular weight excluding hydrogens is 316 g/mol. The number of aromatic nitrogens is 1. The van der Waals surface area contributed by atoms with Crippen LogP contribution in [0.25, 0.3) is 11.3 Å². The van der Waals surface area contributed by atoms with Gasteiger partial charge in [-0.05, 0) is 18.2 Å². The first-order valence-electron chi connectivity index (χ1n) is 4.79. The molecule has 0 saturated heterocycles. The van der Waals surface area contributed by atoms with Crippen molar-refractivity contribution >= 4 is 52.7 Å². The number of aldehydes is 1. The number of rotatable bonds is 2. The minimum Gasteiger partial charge on any atom is -0.298 e. The van der Waals surface area contributed by atoms with E-state index in [0.717, 1.165) is 0 Å². The monoisotopic (exact) mass is 319 g/mol. The van der Waals surface area contributed by atoms with Crippen molar-refractivity contribution in [2.45, 2.75) is 0 Å². The van der Waals surface area contributed by atoms with E-state index in [1.165, 1.54) is 12.3 Å². The van der Waals surface area contributed by atoms with E-state index in [0.29, 0.717) is 33.2 Å². The van der Waals surface area contributed by atoms with E-state index in [9.17, 15) is 4.79 Å². The molecule has 0 aliphatic rings. The Morgan fingerprint density at radius 1 is 1.06 bits per heavy atom. The Kier molecular flexibility index (Phi) is 4.13. The van der Waals surface area contributed by atoms with Gasteiger partial charge in [0.25, 0.3) is 0 Å². The zero-order valence-electron chi connectivity index (χ0n) is 8.75. The zero-order valence-corrected chi connectivity index (χ0v) is 11.8. The molecular formula is C12H5Cl4NO. The lowest BCUT2D eigenvalue weighted by molar-refractivity contribution is 0.112. The van der Waals surface area contributed by atoms with Crippen molar-refractivity contribution in [2.24, 2.45) is 0 Å². The van der Waals surface area contributed by atoms with Crippen LogP contribution < -0.4 is 0 Å². The molecule has 1 aromatic heterocycles. The fourth-order valence-electron chi connectivity index (χ4n) is 1.48. The fraction of sp³-hybridized carbons (Fsp3) is 0. The van der Waals surface area contributed by atoms with Crippen LogP contribution in [0.1, 0.15) is 10.4 Å². The third-order valence-corrected chi connectivity index (χ3v) is 3.80. The predicted molar refractivity (Wildman–Crippen MR) is 75.1 cm³/mol. The van der Waals surface area contributed by atoms with E-state index in [4.69, 9.17) is 46.4 Å². The van der Waals surface area contributed by atoms with Crippen molar-refractivity contribution in [3.63, 3.8) is 0 Å². The molecule has 1 aromatic carbocycles. The van der Waals surface area contributed by atoms with Gasteiger partial charge in [0.05, 0.1) is 25.8 Å². The van der Waals surface area contributed by atoms with Crippen LogP contribution in [0.3, 0.4) is 0 Å². The third kappa shape index (κ3) is 2.47. The Morgan fingerprint density at radius 2 is 1.78 bits per heavy atom. The molecule has 2 nitrogen and oxygen atoms in total. The SMILES string of the molecule is O=Cc1cc(Cl)cnc1-c1ccc(Cl)c(Cl)c1Cl. The normalized spacial score (nSPS) is 10.4. The summed E-state index contributed by atoms with van der Waals surface area (Å²) in [5.74, 6) is 0. The second kappa shape index (κ2) is 5.45. The highest BCUT2D eigenvalue weighted by atomic mass is 35.5.